The van der Waals surface area contributed by atoms with Crippen LogP contribution in [0.2, 0.25) is 0 Å². The van der Waals surface area contributed by atoms with Gasteiger partial charge in [-0.15, -0.1) is 0 Å². The molecule has 2 rings (SSSR count). The van der Waals surface area contributed by atoms with Crippen LogP contribution in [0.25, 0.3) is 0 Å². The number of hydrogen-bond donors (Lipinski definition) is 3. The Kier molecular flexibility index (Phi) is 8.89. The Labute approximate surface area is 181 Å². The maximum absolute atomic E-state index is 13.3. The van der Waals surface area contributed by atoms with Crippen LogP contribution in [-0.2, 0) is 9.59 Å². The van der Waals surface area contributed by atoms with Crippen molar-refractivity contribution in [3.05, 3.63) is 0 Å². The van der Waals surface area contributed by atoms with Crippen molar-refractivity contribution in [2.45, 2.75) is 84.7 Å². The maximum Gasteiger partial charge on any atom is 0.245 e. The lowest BCUT2D eigenvalue weighted by molar-refractivity contribution is -0.137. The average molecular weight is 425 g/mol. The molecule has 166 valence electrons. The number of unbranched alkanes of at least 4 members (excludes halogenated alkanes) is 1. The summed E-state index contributed by atoms with van der Waals surface area (Å²) in [5.74, 6) is 1.09. The third kappa shape index (κ3) is 6.64. The monoisotopic (exact) mass is 424 g/mol. The molecule has 2 aliphatic rings. The van der Waals surface area contributed by atoms with Crippen LogP contribution in [0, 0.1) is 17.3 Å². The van der Waals surface area contributed by atoms with Gasteiger partial charge in [0.2, 0.25) is 11.8 Å². The topological polar surface area (TPSA) is 87.5 Å². The first-order chi connectivity index (χ1) is 13.7. The maximum atomic E-state index is 13.3. The van der Waals surface area contributed by atoms with E-state index in [4.69, 9.17) is 18.0 Å². The van der Waals surface area contributed by atoms with Crippen molar-refractivity contribution in [1.29, 1.82) is 0 Å². The van der Waals surface area contributed by atoms with Gasteiger partial charge in [0.05, 0.1) is 4.99 Å². The minimum atomic E-state index is -0.416. The second-order valence-corrected chi connectivity index (χ2v) is 10.3. The van der Waals surface area contributed by atoms with E-state index in [1.807, 2.05) is 25.7 Å². The molecule has 29 heavy (non-hydrogen) atoms. The van der Waals surface area contributed by atoms with Gasteiger partial charge in [0.1, 0.15) is 6.04 Å². The minimum absolute atomic E-state index is 0.0494. The zero-order valence-corrected chi connectivity index (χ0v) is 19.4. The third-order valence-electron chi connectivity index (χ3n) is 6.35. The molecular weight excluding hydrogens is 384 g/mol. The molecule has 0 aromatic carbocycles. The van der Waals surface area contributed by atoms with E-state index < -0.39 is 6.04 Å². The van der Waals surface area contributed by atoms with Gasteiger partial charge in [-0.05, 0) is 37.0 Å². The molecule has 2 atom stereocenters. The molecule has 1 unspecified atom stereocenters. The lowest BCUT2D eigenvalue weighted by Crippen LogP contribution is -2.57. The van der Waals surface area contributed by atoms with Crippen LogP contribution in [0.15, 0.2) is 0 Å². The third-order valence-corrected chi connectivity index (χ3v) is 6.63. The number of carbonyl (C=O) groups excluding carboxylic acids is 2. The predicted octanol–water partition coefficient (Wildman–Crippen LogP) is 2.60. The lowest BCUT2D eigenvalue weighted by Gasteiger charge is -2.37. The van der Waals surface area contributed by atoms with Gasteiger partial charge in [-0.2, -0.15) is 0 Å². The molecule has 0 aromatic heterocycles. The highest BCUT2D eigenvalue weighted by Gasteiger charge is 2.40. The standard InChI is InChI=1S/C22H40N4O2S/c1-5-6-8-15-11-16(12-15)20(27)24-14-17-9-7-10-26(17)21(28)19(22(2,3)4)25-18(29)13-23/h15-17,19H,5-14,23H2,1-4H3,(H,24,27)(H,25,29)/t15?,16?,17?,19-/m1/s1. The van der Waals surface area contributed by atoms with Gasteiger partial charge in [0.25, 0.3) is 0 Å². The molecule has 1 saturated carbocycles. The summed E-state index contributed by atoms with van der Waals surface area (Å²) in [4.78, 5) is 28.2. The van der Waals surface area contributed by atoms with Crippen LogP contribution in [0.5, 0.6) is 0 Å². The number of rotatable bonds is 9. The zero-order chi connectivity index (χ0) is 21.6. The Morgan fingerprint density at radius 1 is 1.28 bits per heavy atom. The summed E-state index contributed by atoms with van der Waals surface area (Å²) in [6.07, 6.45) is 7.66. The van der Waals surface area contributed by atoms with Crippen molar-refractivity contribution in [1.82, 2.24) is 15.5 Å². The molecule has 1 aliphatic carbocycles. The largest absolute Gasteiger partial charge is 0.367 e. The number of carbonyl (C=O) groups is 2. The molecular formula is C22H40N4O2S. The number of nitrogens with one attached hydrogen (secondary N) is 2. The average Bonchev–Trinajstić information content (AvgIpc) is 3.10. The van der Waals surface area contributed by atoms with E-state index in [0.29, 0.717) is 11.5 Å². The number of hydrogen-bond acceptors (Lipinski definition) is 4. The van der Waals surface area contributed by atoms with Gasteiger partial charge in [-0.25, -0.2) is 0 Å². The fraction of sp³-hybridized carbons (Fsp3) is 0.864. The molecule has 6 nitrogen and oxygen atoms in total. The molecule has 7 heteroatoms. The van der Waals surface area contributed by atoms with Crippen molar-refractivity contribution < 1.29 is 9.59 Å². The van der Waals surface area contributed by atoms with Gasteiger partial charge in [-0.3, -0.25) is 9.59 Å². The Hall–Kier alpha value is -1.21. The summed E-state index contributed by atoms with van der Waals surface area (Å²) < 4.78 is 0. The Morgan fingerprint density at radius 3 is 2.55 bits per heavy atom. The van der Waals surface area contributed by atoms with E-state index in [9.17, 15) is 9.59 Å². The van der Waals surface area contributed by atoms with Crippen LogP contribution in [0.3, 0.4) is 0 Å². The number of likely N-dealkylation sites (tertiary alicyclic amines) is 1. The Balaban J connectivity index is 1.87. The fourth-order valence-corrected chi connectivity index (χ4v) is 4.53. The van der Waals surface area contributed by atoms with E-state index in [0.717, 1.165) is 38.1 Å². The highest BCUT2D eigenvalue weighted by molar-refractivity contribution is 7.80. The first-order valence-electron chi connectivity index (χ1n) is 11.2. The smallest absolute Gasteiger partial charge is 0.245 e. The summed E-state index contributed by atoms with van der Waals surface area (Å²) >= 11 is 5.23. The summed E-state index contributed by atoms with van der Waals surface area (Å²) in [6.45, 7) is 9.79. The van der Waals surface area contributed by atoms with E-state index in [1.165, 1.54) is 19.3 Å². The van der Waals surface area contributed by atoms with Crippen LogP contribution in [0.1, 0.15) is 72.6 Å². The van der Waals surface area contributed by atoms with Crippen LogP contribution < -0.4 is 16.4 Å². The van der Waals surface area contributed by atoms with Crippen molar-refractivity contribution in [3.8, 4) is 0 Å². The SMILES string of the molecule is CCCCC1CC(C(=O)NCC2CCCN2C(=O)[C@@H](NC(=S)CN)C(C)(C)C)C1. The molecule has 2 amide bonds. The predicted molar refractivity (Wildman–Crippen MR) is 122 cm³/mol. The normalized spacial score (nSPS) is 25.3. The van der Waals surface area contributed by atoms with Crippen molar-refractivity contribution >= 4 is 29.0 Å². The highest BCUT2D eigenvalue weighted by Crippen LogP contribution is 2.37. The van der Waals surface area contributed by atoms with Gasteiger partial charge < -0.3 is 21.3 Å². The van der Waals surface area contributed by atoms with E-state index in [1.54, 1.807) is 0 Å². The molecule has 0 aromatic rings. The van der Waals surface area contributed by atoms with Crippen LogP contribution in [0.4, 0.5) is 0 Å². The van der Waals surface area contributed by atoms with Gasteiger partial charge >= 0.3 is 0 Å². The molecule has 1 heterocycles. The van der Waals surface area contributed by atoms with Crippen molar-refractivity contribution in [2.24, 2.45) is 23.0 Å². The number of amides is 2. The van der Waals surface area contributed by atoms with Crippen LogP contribution >= 0.6 is 12.2 Å². The summed E-state index contributed by atoms with van der Waals surface area (Å²) in [7, 11) is 0. The molecule has 0 bridgehead atoms. The van der Waals surface area contributed by atoms with E-state index in [-0.39, 0.29) is 35.7 Å². The highest BCUT2D eigenvalue weighted by atomic mass is 32.1. The fourth-order valence-electron chi connectivity index (χ4n) is 4.41. The lowest BCUT2D eigenvalue weighted by atomic mass is 9.72. The molecule has 0 radical (unpaired) electrons. The Morgan fingerprint density at radius 2 is 1.97 bits per heavy atom. The first kappa shape index (κ1) is 24.1. The molecule has 0 spiro atoms. The summed E-state index contributed by atoms with van der Waals surface area (Å²) in [5.41, 5.74) is 5.35. The second-order valence-electron chi connectivity index (χ2n) is 9.82. The Bertz CT molecular complexity index is 584. The first-order valence-corrected chi connectivity index (χ1v) is 11.7. The van der Waals surface area contributed by atoms with E-state index in [2.05, 4.69) is 17.6 Å². The van der Waals surface area contributed by atoms with Gasteiger partial charge in [-0.1, -0.05) is 59.2 Å². The zero-order valence-electron chi connectivity index (χ0n) is 18.6. The van der Waals surface area contributed by atoms with Gasteiger partial charge in [0, 0.05) is 31.6 Å². The van der Waals surface area contributed by atoms with Crippen molar-refractivity contribution in [3.63, 3.8) is 0 Å². The molecule has 2 fully saturated rings. The van der Waals surface area contributed by atoms with Crippen LogP contribution in [-0.4, -0.2) is 53.4 Å². The van der Waals surface area contributed by atoms with Gasteiger partial charge in [0.15, 0.2) is 0 Å². The minimum Gasteiger partial charge on any atom is -0.367 e. The summed E-state index contributed by atoms with van der Waals surface area (Å²) in [5, 5.41) is 6.27. The van der Waals surface area contributed by atoms with E-state index >= 15 is 0 Å². The molecule has 1 saturated heterocycles. The number of nitrogens with two attached hydrogens (primary N) is 1. The molecule has 1 aliphatic heterocycles. The van der Waals surface area contributed by atoms with Crippen molar-refractivity contribution in [2.75, 3.05) is 19.6 Å². The summed E-state index contributed by atoms with van der Waals surface area (Å²) in [6, 6.07) is -0.360. The number of nitrogens with zero attached hydrogens (tertiary/aromatic N) is 1. The quantitative estimate of drug-likeness (QED) is 0.495. The number of thiocarbonyl (C=S) groups is 1. The molecule has 4 N–H and O–H groups in total. The second kappa shape index (κ2) is 10.7.